The van der Waals surface area contributed by atoms with Crippen molar-refractivity contribution in [3.8, 4) is 0 Å². The van der Waals surface area contributed by atoms with E-state index in [-0.39, 0.29) is 11.7 Å². The zero-order valence-electron chi connectivity index (χ0n) is 13.2. The van der Waals surface area contributed by atoms with Crippen LogP contribution in [0.1, 0.15) is 17.7 Å². The molecule has 2 heterocycles. The maximum Gasteiger partial charge on any atom is 0.419 e. The van der Waals surface area contributed by atoms with E-state index in [1.54, 1.807) is 33.9 Å². The van der Waals surface area contributed by atoms with Gasteiger partial charge in [0.2, 0.25) is 5.91 Å². The summed E-state index contributed by atoms with van der Waals surface area (Å²) in [6.45, 7) is 1.07. The number of para-hydroxylation sites is 2. The molecular formula is C17H17BrN2O3S. The van der Waals surface area contributed by atoms with Gasteiger partial charge in [0.1, 0.15) is 0 Å². The first kappa shape index (κ1) is 17.0. The van der Waals surface area contributed by atoms with E-state index in [4.69, 9.17) is 4.42 Å². The SMILES string of the molecule is CN(Cc1cc(Br)cs1)C(=O)CCCn1c(=O)oc2ccccc21. The molecule has 0 aliphatic carbocycles. The maximum atomic E-state index is 12.2. The molecule has 0 spiro atoms. The fraction of sp³-hybridized carbons (Fsp3) is 0.294. The lowest BCUT2D eigenvalue weighted by Crippen LogP contribution is -2.26. The van der Waals surface area contributed by atoms with E-state index < -0.39 is 0 Å². The van der Waals surface area contributed by atoms with Crippen molar-refractivity contribution < 1.29 is 9.21 Å². The van der Waals surface area contributed by atoms with Crippen molar-refractivity contribution in [1.82, 2.24) is 9.47 Å². The summed E-state index contributed by atoms with van der Waals surface area (Å²) >= 11 is 5.04. The van der Waals surface area contributed by atoms with Gasteiger partial charge in [0.05, 0.1) is 12.1 Å². The van der Waals surface area contributed by atoms with Gasteiger partial charge in [-0.3, -0.25) is 9.36 Å². The number of thiophene rings is 1. The van der Waals surface area contributed by atoms with Crippen LogP contribution in [0.2, 0.25) is 0 Å². The van der Waals surface area contributed by atoms with Crippen LogP contribution in [-0.2, 0) is 17.9 Å². The first-order chi connectivity index (χ1) is 11.5. The molecule has 126 valence electrons. The standard InChI is InChI=1S/C17H17BrN2O3S/c1-19(10-13-9-12(18)11-24-13)16(21)7-4-8-20-14-5-2-3-6-15(14)23-17(20)22/h2-3,5-6,9,11H,4,7-8,10H2,1H3. The summed E-state index contributed by atoms with van der Waals surface area (Å²) in [4.78, 5) is 27.0. The Morgan fingerprint density at radius 1 is 1.38 bits per heavy atom. The number of hydrogen-bond acceptors (Lipinski definition) is 4. The summed E-state index contributed by atoms with van der Waals surface area (Å²) in [5, 5.41) is 2.00. The van der Waals surface area contributed by atoms with Gasteiger partial charge in [-0.2, -0.15) is 0 Å². The fourth-order valence-electron chi connectivity index (χ4n) is 2.56. The van der Waals surface area contributed by atoms with E-state index in [0.717, 1.165) is 14.9 Å². The monoisotopic (exact) mass is 408 g/mol. The number of aromatic nitrogens is 1. The number of aryl methyl sites for hydroxylation is 1. The first-order valence-corrected chi connectivity index (χ1v) is 9.27. The molecule has 0 fully saturated rings. The van der Waals surface area contributed by atoms with E-state index in [1.165, 1.54) is 0 Å². The lowest BCUT2D eigenvalue weighted by Gasteiger charge is -2.16. The lowest BCUT2D eigenvalue weighted by molar-refractivity contribution is -0.130. The summed E-state index contributed by atoms with van der Waals surface area (Å²) in [5.41, 5.74) is 1.35. The highest BCUT2D eigenvalue weighted by atomic mass is 79.9. The van der Waals surface area contributed by atoms with Gasteiger partial charge in [-0.05, 0) is 40.5 Å². The molecule has 0 atom stereocenters. The number of carbonyl (C=O) groups excluding carboxylic acids is 1. The molecule has 0 saturated heterocycles. The van der Waals surface area contributed by atoms with Gasteiger partial charge in [-0.15, -0.1) is 11.3 Å². The molecule has 3 rings (SSSR count). The Balaban J connectivity index is 1.56. The highest BCUT2D eigenvalue weighted by Crippen LogP contribution is 2.21. The van der Waals surface area contributed by atoms with Crippen molar-refractivity contribution >= 4 is 44.3 Å². The maximum absolute atomic E-state index is 12.2. The molecule has 0 saturated carbocycles. The van der Waals surface area contributed by atoms with E-state index in [2.05, 4.69) is 15.9 Å². The number of amides is 1. The van der Waals surface area contributed by atoms with Gasteiger partial charge in [0.25, 0.3) is 0 Å². The predicted octanol–water partition coefficient (Wildman–Crippen LogP) is 3.86. The second kappa shape index (κ2) is 7.36. The minimum atomic E-state index is -0.375. The molecule has 7 heteroatoms. The molecule has 3 aromatic rings. The van der Waals surface area contributed by atoms with Gasteiger partial charge in [0.15, 0.2) is 5.58 Å². The van der Waals surface area contributed by atoms with Crippen LogP contribution in [0.4, 0.5) is 0 Å². The Morgan fingerprint density at radius 3 is 2.92 bits per heavy atom. The zero-order valence-corrected chi connectivity index (χ0v) is 15.6. The van der Waals surface area contributed by atoms with Crippen LogP contribution >= 0.6 is 27.3 Å². The van der Waals surface area contributed by atoms with Crippen molar-refractivity contribution in [1.29, 1.82) is 0 Å². The van der Waals surface area contributed by atoms with E-state index in [1.807, 2.05) is 29.6 Å². The van der Waals surface area contributed by atoms with Crippen molar-refractivity contribution in [2.75, 3.05) is 7.05 Å². The number of rotatable bonds is 6. The minimum absolute atomic E-state index is 0.0698. The molecule has 0 N–H and O–H groups in total. The Kier molecular flexibility index (Phi) is 5.20. The Hall–Kier alpha value is -1.86. The lowest BCUT2D eigenvalue weighted by atomic mass is 10.2. The topological polar surface area (TPSA) is 55.5 Å². The molecule has 24 heavy (non-hydrogen) atoms. The number of oxazole rings is 1. The van der Waals surface area contributed by atoms with Crippen LogP contribution in [0.3, 0.4) is 0 Å². The fourth-order valence-corrected chi connectivity index (χ4v) is 4.07. The second-order valence-electron chi connectivity index (χ2n) is 5.57. The third kappa shape index (κ3) is 3.79. The van der Waals surface area contributed by atoms with Crippen LogP contribution < -0.4 is 5.76 Å². The normalized spacial score (nSPS) is 11.1. The molecule has 1 aromatic carbocycles. The largest absolute Gasteiger partial charge is 0.419 e. The predicted molar refractivity (Wildman–Crippen MR) is 98.2 cm³/mol. The van der Waals surface area contributed by atoms with Crippen LogP contribution in [0.25, 0.3) is 11.1 Å². The molecular weight excluding hydrogens is 392 g/mol. The van der Waals surface area contributed by atoms with Gasteiger partial charge < -0.3 is 9.32 Å². The Bertz CT molecular complexity index is 912. The zero-order chi connectivity index (χ0) is 17.1. The highest BCUT2D eigenvalue weighted by molar-refractivity contribution is 9.10. The van der Waals surface area contributed by atoms with Gasteiger partial charge in [-0.25, -0.2) is 4.79 Å². The van der Waals surface area contributed by atoms with Crippen LogP contribution in [0, 0.1) is 0 Å². The molecule has 2 aromatic heterocycles. The van der Waals surface area contributed by atoms with E-state index >= 15 is 0 Å². The van der Waals surface area contributed by atoms with Gasteiger partial charge in [-0.1, -0.05) is 12.1 Å². The van der Waals surface area contributed by atoms with Crippen molar-refractivity contribution in [2.45, 2.75) is 25.9 Å². The third-order valence-electron chi connectivity index (χ3n) is 3.79. The summed E-state index contributed by atoms with van der Waals surface area (Å²) in [6.07, 6.45) is 0.996. The smallest absolute Gasteiger partial charge is 0.408 e. The van der Waals surface area contributed by atoms with E-state index in [0.29, 0.717) is 31.5 Å². The number of carbonyl (C=O) groups is 1. The average Bonchev–Trinajstić information content (AvgIpc) is 3.10. The molecule has 5 nitrogen and oxygen atoms in total. The molecule has 0 radical (unpaired) electrons. The summed E-state index contributed by atoms with van der Waals surface area (Å²) in [7, 11) is 1.80. The van der Waals surface area contributed by atoms with Crippen molar-refractivity contribution in [3.05, 3.63) is 55.6 Å². The molecule has 0 aliphatic rings. The summed E-state index contributed by atoms with van der Waals surface area (Å²) in [6, 6.07) is 9.34. The van der Waals surface area contributed by atoms with Crippen LogP contribution in [0.15, 0.2) is 49.4 Å². The van der Waals surface area contributed by atoms with Crippen LogP contribution in [0.5, 0.6) is 0 Å². The number of benzene rings is 1. The van der Waals surface area contributed by atoms with Gasteiger partial charge >= 0.3 is 5.76 Å². The molecule has 0 aliphatic heterocycles. The quantitative estimate of drug-likeness (QED) is 0.622. The van der Waals surface area contributed by atoms with E-state index in [9.17, 15) is 9.59 Å². The van der Waals surface area contributed by atoms with Crippen molar-refractivity contribution in [2.24, 2.45) is 0 Å². The first-order valence-electron chi connectivity index (χ1n) is 7.60. The van der Waals surface area contributed by atoms with Gasteiger partial charge in [0, 0.05) is 34.7 Å². The molecule has 0 unspecified atom stereocenters. The van der Waals surface area contributed by atoms with Crippen molar-refractivity contribution in [3.63, 3.8) is 0 Å². The highest BCUT2D eigenvalue weighted by Gasteiger charge is 2.12. The number of hydrogen-bond donors (Lipinski definition) is 0. The average molecular weight is 409 g/mol. The van der Waals surface area contributed by atoms with Crippen LogP contribution in [-0.4, -0.2) is 22.4 Å². The summed E-state index contributed by atoms with van der Waals surface area (Å²) in [5.74, 6) is -0.305. The minimum Gasteiger partial charge on any atom is -0.408 e. The second-order valence-corrected chi connectivity index (χ2v) is 7.48. The molecule has 1 amide bonds. The Labute approximate surface area is 151 Å². The number of nitrogens with zero attached hydrogens (tertiary/aromatic N) is 2. The number of halogens is 1. The summed E-state index contributed by atoms with van der Waals surface area (Å²) < 4.78 is 7.81. The Morgan fingerprint density at radius 2 is 2.17 bits per heavy atom. The molecule has 0 bridgehead atoms. The third-order valence-corrected chi connectivity index (χ3v) is 5.47. The number of fused-ring (bicyclic) bond motifs is 1.